The summed E-state index contributed by atoms with van der Waals surface area (Å²) in [7, 11) is 4.29. The lowest BCUT2D eigenvalue weighted by Gasteiger charge is -2.34. The largest absolute Gasteiger partial charge is 0.506 e. The summed E-state index contributed by atoms with van der Waals surface area (Å²) in [6.45, 7) is 16.4. The van der Waals surface area contributed by atoms with Gasteiger partial charge in [-0.2, -0.15) is 0 Å². The van der Waals surface area contributed by atoms with Gasteiger partial charge in [-0.3, -0.25) is 15.0 Å². The average molecular weight is 1300 g/mol. The standard InChI is InChI=1S/C22H22N4O2.C17H11FN2O2.C11H5FO2.C6H6INO.C6H7NO.C5H12N2/c1-14-3-6-18-20(23-14)13-19(24-18)17-11-15-4-5-16(12-21(15)28-22(17)27)26-9-7-25(2)8-10-26;1-9-2-5-13-15(19-9)8-14(20-13)12-6-10-3-4-11(18)7-16(10)22-17(12)21;1-2-7-5-8-3-4-9(12)6-10(8)14-11(7)13;1-4-2-3-5(9)6(7)8-4;1-5-2-3-6(8)4-7-5;1-7-4-2-6-3-5-7/h3-6,11-13,24H,7-10H2,1-2H3;2-8,20H,1H3;1,3-6H;2-3,9H,1H3;2-4,8H,1H3;6H,2-5H2,1H3. The molecule has 21 heteroatoms. The van der Waals surface area contributed by atoms with Crippen LogP contribution in [-0.4, -0.2) is 116 Å². The van der Waals surface area contributed by atoms with Crippen LogP contribution in [-0.2, 0) is 0 Å². The Morgan fingerprint density at radius 2 is 1.02 bits per heavy atom. The van der Waals surface area contributed by atoms with E-state index < -0.39 is 22.9 Å². The van der Waals surface area contributed by atoms with E-state index in [0.717, 1.165) is 107 Å². The number of hydrogen-bond acceptors (Lipinski definition) is 16. The Hall–Kier alpha value is -9.60. The summed E-state index contributed by atoms with van der Waals surface area (Å²) in [5, 5.41) is 23.1. The molecule has 0 amide bonds. The van der Waals surface area contributed by atoms with Gasteiger partial charge < -0.3 is 53.4 Å². The molecular weight excluding hydrogens is 1240 g/mol. The summed E-state index contributed by atoms with van der Waals surface area (Å²) in [6.07, 6.45) is 6.51. The summed E-state index contributed by atoms with van der Waals surface area (Å²) in [5.41, 5.74) is 10.2. The monoisotopic (exact) mass is 1300 g/mol. The number of pyridine rings is 4. The number of hydrogen-bond donors (Lipinski definition) is 5. The summed E-state index contributed by atoms with van der Waals surface area (Å²) < 4.78 is 42.3. The zero-order valence-electron chi connectivity index (χ0n) is 49.1. The van der Waals surface area contributed by atoms with E-state index >= 15 is 0 Å². The minimum Gasteiger partial charge on any atom is -0.506 e. The SMILES string of the molecule is C#Cc1cc2ccc(F)cc2oc1=O.CN1CCNCC1.Cc1ccc(O)c(I)n1.Cc1ccc(O)cn1.Cc1ccc2[nH]c(-c3cc4ccc(F)cc4oc3=O)cc2n1.Cc1ccc2[nH]c(-c3cc4ccc(N5CCN(C)CC5)cc4oc3=O)cc2n1. The van der Waals surface area contributed by atoms with Crippen LogP contribution in [0.15, 0.2) is 167 Å². The molecule has 0 spiro atoms. The second-order valence-corrected chi connectivity index (χ2v) is 22.0. The van der Waals surface area contributed by atoms with Crippen LogP contribution < -0.4 is 27.1 Å². The van der Waals surface area contributed by atoms with E-state index in [2.05, 4.69) is 76.0 Å². The molecule has 3 aromatic carbocycles. The van der Waals surface area contributed by atoms with Crippen molar-refractivity contribution in [1.82, 2.24) is 45.0 Å². The molecule has 0 saturated carbocycles. The summed E-state index contributed by atoms with van der Waals surface area (Å²) in [5.74, 6) is 1.78. The highest BCUT2D eigenvalue weighted by molar-refractivity contribution is 14.1. The van der Waals surface area contributed by atoms with Gasteiger partial charge in [-0.1, -0.05) is 5.92 Å². The topological polar surface area (TPSA) is 236 Å². The maximum atomic E-state index is 13.2. The number of nitrogens with zero attached hydrogens (tertiary/aromatic N) is 7. The first-order valence-electron chi connectivity index (χ1n) is 28.0. The molecule has 2 fully saturated rings. The Bertz CT molecular complexity index is 4640. The highest BCUT2D eigenvalue weighted by Gasteiger charge is 2.18. The number of rotatable bonds is 3. The summed E-state index contributed by atoms with van der Waals surface area (Å²) in [4.78, 5) is 66.2. The molecule has 14 rings (SSSR count). The number of nitrogens with one attached hydrogen (secondary N) is 3. The predicted molar refractivity (Wildman–Crippen MR) is 349 cm³/mol. The highest BCUT2D eigenvalue weighted by Crippen LogP contribution is 2.29. The van der Waals surface area contributed by atoms with Crippen molar-refractivity contribution in [1.29, 1.82) is 0 Å². The number of likely N-dealkylation sites (N-methyl/N-ethyl adjacent to an activating group) is 2. The Morgan fingerprint density at radius 3 is 1.50 bits per heavy atom. The maximum absolute atomic E-state index is 13.2. The van der Waals surface area contributed by atoms with Crippen LogP contribution in [0, 0.1) is 55.4 Å². The Balaban J connectivity index is 0.000000136. The lowest BCUT2D eigenvalue weighted by molar-refractivity contribution is 0.291. The van der Waals surface area contributed by atoms with Crippen molar-refractivity contribution in [2.45, 2.75) is 27.7 Å². The van der Waals surface area contributed by atoms with E-state index in [-0.39, 0.29) is 33.9 Å². The van der Waals surface area contributed by atoms with Gasteiger partial charge in [0.15, 0.2) is 0 Å². The second kappa shape index (κ2) is 28.7. The molecule has 450 valence electrons. The lowest BCUT2D eigenvalue weighted by atomic mass is 10.1. The van der Waals surface area contributed by atoms with E-state index in [1.807, 2.05) is 105 Å². The molecular formula is C67H63F2IN10O8. The third kappa shape index (κ3) is 16.5. The Labute approximate surface area is 517 Å². The highest BCUT2D eigenvalue weighted by atomic mass is 127. The average Bonchev–Trinajstić information content (AvgIpc) is 2.40. The molecule has 2 aliphatic heterocycles. The van der Waals surface area contributed by atoms with Gasteiger partial charge in [-0.15, -0.1) is 6.42 Å². The first-order chi connectivity index (χ1) is 42.2. The first-order valence-corrected chi connectivity index (χ1v) is 29.0. The van der Waals surface area contributed by atoms with E-state index in [9.17, 15) is 23.2 Å². The van der Waals surface area contributed by atoms with Crippen LogP contribution in [0.3, 0.4) is 0 Å². The Morgan fingerprint density at radius 1 is 0.545 bits per heavy atom. The third-order valence-electron chi connectivity index (χ3n) is 14.2. The number of piperazine rings is 2. The molecule has 0 radical (unpaired) electrons. The fourth-order valence-corrected chi connectivity index (χ4v) is 9.83. The zero-order valence-corrected chi connectivity index (χ0v) is 51.3. The van der Waals surface area contributed by atoms with Gasteiger partial charge in [0.25, 0.3) is 0 Å². The van der Waals surface area contributed by atoms with Crippen LogP contribution >= 0.6 is 22.6 Å². The number of H-pyrrole nitrogens is 2. The van der Waals surface area contributed by atoms with Crippen LogP contribution in [0.2, 0.25) is 0 Å². The fraction of sp³-hybridized carbons (Fsp3) is 0.209. The van der Waals surface area contributed by atoms with E-state index in [1.165, 1.54) is 49.6 Å². The molecule has 0 unspecified atom stereocenters. The van der Waals surface area contributed by atoms with E-state index in [0.29, 0.717) is 36.9 Å². The number of terminal acetylenes is 1. The molecule has 0 aliphatic carbocycles. The van der Waals surface area contributed by atoms with Crippen LogP contribution in [0.25, 0.3) is 77.5 Å². The van der Waals surface area contributed by atoms with Crippen LogP contribution in [0.1, 0.15) is 28.3 Å². The molecule has 9 aromatic heterocycles. The fourth-order valence-electron chi connectivity index (χ4n) is 9.27. The van der Waals surface area contributed by atoms with E-state index in [4.69, 9.17) is 29.9 Å². The molecule has 0 atom stereocenters. The molecule has 2 aliphatic rings. The summed E-state index contributed by atoms with van der Waals surface area (Å²) >= 11 is 1.99. The van der Waals surface area contributed by atoms with Crippen molar-refractivity contribution in [3.05, 3.63) is 215 Å². The number of aromatic nitrogens is 6. The Kier molecular flexibility index (Phi) is 20.5. The van der Waals surface area contributed by atoms with Gasteiger partial charge >= 0.3 is 16.9 Å². The zero-order chi connectivity index (χ0) is 62.6. The quantitative estimate of drug-likeness (QED) is 0.0479. The second-order valence-electron chi connectivity index (χ2n) is 21.0. The number of aromatic hydroxyl groups is 2. The minimum atomic E-state index is -0.620. The van der Waals surface area contributed by atoms with E-state index in [1.54, 1.807) is 36.4 Å². The first kappa shape index (κ1) is 62.9. The molecule has 0 bridgehead atoms. The number of benzene rings is 3. The van der Waals surface area contributed by atoms with Gasteiger partial charge in [0.1, 0.15) is 49.1 Å². The van der Waals surface area contributed by atoms with Crippen molar-refractivity contribution < 1.29 is 32.2 Å². The van der Waals surface area contributed by atoms with Crippen molar-refractivity contribution in [2.24, 2.45) is 0 Å². The molecule has 12 aromatic rings. The number of aromatic amines is 2. The maximum Gasteiger partial charge on any atom is 0.352 e. The van der Waals surface area contributed by atoms with Crippen molar-refractivity contribution in [2.75, 3.05) is 71.4 Å². The van der Waals surface area contributed by atoms with Crippen molar-refractivity contribution >= 4 is 83.3 Å². The van der Waals surface area contributed by atoms with Crippen molar-refractivity contribution in [3.63, 3.8) is 0 Å². The van der Waals surface area contributed by atoms with Gasteiger partial charge in [0.2, 0.25) is 0 Å². The predicted octanol–water partition coefficient (Wildman–Crippen LogP) is 11.4. The lowest BCUT2D eigenvalue weighted by Crippen LogP contribution is -2.44. The van der Waals surface area contributed by atoms with Crippen LogP contribution in [0.4, 0.5) is 14.5 Å². The molecule has 88 heavy (non-hydrogen) atoms. The number of halogens is 3. The van der Waals surface area contributed by atoms with Gasteiger partial charge in [0.05, 0.1) is 50.8 Å². The smallest absolute Gasteiger partial charge is 0.352 e. The molecule has 2 saturated heterocycles. The number of aryl methyl sites for hydroxylation is 4. The van der Waals surface area contributed by atoms with Gasteiger partial charge in [-0.25, -0.2) is 28.1 Å². The van der Waals surface area contributed by atoms with Crippen molar-refractivity contribution in [3.8, 4) is 46.4 Å². The molecule has 11 heterocycles. The summed E-state index contributed by atoms with van der Waals surface area (Å²) in [6, 6.07) is 37.5. The normalized spacial score (nSPS) is 13.2. The third-order valence-corrected chi connectivity index (χ3v) is 14.9. The van der Waals surface area contributed by atoms with Gasteiger partial charge in [0, 0.05) is 115 Å². The minimum absolute atomic E-state index is 0.143. The van der Waals surface area contributed by atoms with Crippen LogP contribution in [0.5, 0.6) is 11.5 Å². The molecule has 5 N–H and O–H groups in total. The molecule has 18 nitrogen and oxygen atoms in total. The number of anilines is 1. The number of fused-ring (bicyclic) bond motifs is 5. The van der Waals surface area contributed by atoms with Gasteiger partial charge in [-0.05, 0) is 180 Å².